The first-order valence-electron chi connectivity index (χ1n) is 7.36. The van der Waals surface area contributed by atoms with Crippen LogP contribution >= 0.6 is 0 Å². The number of hydrogen-bond donors (Lipinski definition) is 0. The number of hydrogen-bond acceptors (Lipinski definition) is 1. The summed E-state index contributed by atoms with van der Waals surface area (Å²) in [5.41, 5.74) is 0. The molecule has 2 saturated carbocycles. The van der Waals surface area contributed by atoms with E-state index in [1.54, 1.807) is 0 Å². The lowest BCUT2D eigenvalue weighted by Gasteiger charge is -2.25. The lowest BCUT2D eigenvalue weighted by atomic mass is 9.80. The maximum absolute atomic E-state index is 8.87. The molecule has 0 aromatic carbocycles. The van der Waals surface area contributed by atoms with Crippen LogP contribution in [0.3, 0.4) is 0 Å². The Bertz CT molecular complexity index is 283. The largest absolute Gasteiger partial charge is 0.198 e. The van der Waals surface area contributed by atoms with Crippen molar-refractivity contribution < 1.29 is 0 Å². The van der Waals surface area contributed by atoms with Crippen LogP contribution in [0.4, 0.5) is 0 Å². The van der Waals surface area contributed by atoms with E-state index in [-0.39, 0.29) is 0 Å². The van der Waals surface area contributed by atoms with E-state index in [4.69, 9.17) is 5.26 Å². The second-order valence-corrected chi connectivity index (χ2v) is 6.15. The van der Waals surface area contributed by atoms with Crippen LogP contribution in [-0.4, -0.2) is 0 Å². The molecule has 2 aliphatic rings. The summed E-state index contributed by atoms with van der Waals surface area (Å²) in [6.45, 7) is 2.38. The fraction of sp³-hybridized carbons (Fsp3) is 0.812. The molecule has 2 rings (SSSR count). The highest BCUT2D eigenvalue weighted by Gasteiger charge is 2.20. The van der Waals surface area contributed by atoms with E-state index in [0.29, 0.717) is 5.92 Å². The van der Waals surface area contributed by atoms with E-state index in [1.807, 2.05) is 0 Å². The van der Waals surface area contributed by atoms with Crippen LogP contribution in [-0.2, 0) is 0 Å². The minimum atomic E-state index is 0.343. The molecule has 0 atom stereocenters. The molecule has 94 valence electrons. The Morgan fingerprint density at radius 2 is 1.29 bits per heavy atom. The van der Waals surface area contributed by atoms with Gasteiger partial charge >= 0.3 is 0 Å². The van der Waals surface area contributed by atoms with Crippen molar-refractivity contribution in [2.45, 2.75) is 58.3 Å². The minimum Gasteiger partial charge on any atom is -0.198 e. The zero-order valence-corrected chi connectivity index (χ0v) is 11.1. The van der Waals surface area contributed by atoms with Gasteiger partial charge in [-0.05, 0) is 56.3 Å². The summed E-state index contributed by atoms with van der Waals surface area (Å²) in [6, 6.07) is 2.41. The van der Waals surface area contributed by atoms with Crippen LogP contribution in [0, 0.1) is 35.0 Å². The molecule has 0 bridgehead atoms. The molecule has 0 N–H and O–H groups in total. The molecule has 0 radical (unpaired) electrons. The Balaban J connectivity index is 1.72. The van der Waals surface area contributed by atoms with E-state index < -0.39 is 0 Å². The number of rotatable bonds is 2. The zero-order chi connectivity index (χ0) is 12.1. The van der Waals surface area contributed by atoms with Crippen molar-refractivity contribution in [1.29, 1.82) is 5.26 Å². The van der Waals surface area contributed by atoms with Crippen molar-refractivity contribution in [2.75, 3.05) is 0 Å². The molecule has 2 aliphatic carbocycles. The van der Waals surface area contributed by atoms with Gasteiger partial charge in [-0.3, -0.25) is 0 Å². The van der Waals surface area contributed by atoms with E-state index >= 15 is 0 Å². The molecule has 1 nitrogen and oxygen atoms in total. The third kappa shape index (κ3) is 3.87. The lowest BCUT2D eigenvalue weighted by Crippen LogP contribution is -2.13. The monoisotopic (exact) mass is 231 g/mol. The molecule has 0 unspecified atom stereocenters. The summed E-state index contributed by atoms with van der Waals surface area (Å²) in [6.07, 6.45) is 15.3. The Morgan fingerprint density at radius 3 is 1.76 bits per heavy atom. The molecule has 2 fully saturated rings. The molecule has 0 heterocycles. The summed E-state index contributed by atoms with van der Waals surface area (Å²) < 4.78 is 0. The molecule has 0 spiro atoms. The van der Waals surface area contributed by atoms with Crippen molar-refractivity contribution in [3.63, 3.8) is 0 Å². The van der Waals surface area contributed by atoms with Crippen molar-refractivity contribution in [3.05, 3.63) is 12.2 Å². The highest BCUT2D eigenvalue weighted by atomic mass is 14.3. The van der Waals surface area contributed by atoms with Crippen molar-refractivity contribution in [1.82, 2.24) is 0 Å². The van der Waals surface area contributed by atoms with E-state index in [2.05, 4.69) is 25.1 Å². The number of nitrogens with zero attached hydrogens (tertiary/aromatic N) is 1. The predicted octanol–water partition coefficient (Wildman–Crippen LogP) is 4.70. The fourth-order valence-electron chi connectivity index (χ4n) is 3.23. The maximum Gasteiger partial charge on any atom is 0.0655 e. The van der Waals surface area contributed by atoms with Crippen LogP contribution in [0.5, 0.6) is 0 Å². The Hall–Kier alpha value is -0.770. The Kier molecular flexibility index (Phi) is 4.66. The van der Waals surface area contributed by atoms with E-state index in [1.165, 1.54) is 38.5 Å². The lowest BCUT2D eigenvalue weighted by molar-refractivity contribution is 0.325. The first kappa shape index (κ1) is 12.7. The topological polar surface area (TPSA) is 23.8 Å². The third-order valence-electron chi connectivity index (χ3n) is 4.67. The summed E-state index contributed by atoms with van der Waals surface area (Å²) in [5.74, 6) is 2.90. The standard InChI is InChI=1S/C16H25N/c1-13-2-4-14(5-3-13)6-7-15-8-10-16(12-17)11-9-15/h6-7,13-16H,2-5,8-11H2,1H3/b7-6+. The molecule has 0 amide bonds. The highest BCUT2D eigenvalue weighted by Crippen LogP contribution is 2.32. The molecule has 0 aromatic heterocycles. The normalized spacial score (nSPS) is 39.1. The molecule has 0 saturated heterocycles. The fourth-order valence-corrected chi connectivity index (χ4v) is 3.23. The molecule has 1 heteroatoms. The molecular formula is C16H25N. The van der Waals surface area contributed by atoms with Crippen molar-refractivity contribution in [2.24, 2.45) is 23.7 Å². The average Bonchev–Trinajstić information content (AvgIpc) is 2.39. The first-order chi connectivity index (χ1) is 8.28. The van der Waals surface area contributed by atoms with Crippen LogP contribution in [0.2, 0.25) is 0 Å². The quantitative estimate of drug-likeness (QED) is 0.632. The van der Waals surface area contributed by atoms with Gasteiger partial charge in [0.05, 0.1) is 6.07 Å². The van der Waals surface area contributed by atoms with Gasteiger partial charge in [-0.15, -0.1) is 0 Å². The van der Waals surface area contributed by atoms with Crippen molar-refractivity contribution in [3.8, 4) is 6.07 Å². The highest BCUT2D eigenvalue weighted by molar-refractivity contribution is 4.98. The van der Waals surface area contributed by atoms with Crippen molar-refractivity contribution >= 4 is 0 Å². The Morgan fingerprint density at radius 1 is 0.824 bits per heavy atom. The van der Waals surface area contributed by atoms with Crippen LogP contribution < -0.4 is 0 Å². The van der Waals surface area contributed by atoms with Gasteiger partial charge in [0.1, 0.15) is 0 Å². The number of nitriles is 1. The smallest absolute Gasteiger partial charge is 0.0655 e. The van der Waals surface area contributed by atoms with Gasteiger partial charge in [-0.1, -0.05) is 31.9 Å². The van der Waals surface area contributed by atoms with Crippen LogP contribution in [0.25, 0.3) is 0 Å². The number of allylic oxidation sites excluding steroid dienone is 2. The van der Waals surface area contributed by atoms with Gasteiger partial charge in [0, 0.05) is 5.92 Å². The Labute approximate surface area is 106 Å². The summed E-state index contributed by atoms with van der Waals surface area (Å²) in [4.78, 5) is 0. The van der Waals surface area contributed by atoms with Gasteiger partial charge in [-0.2, -0.15) is 5.26 Å². The summed E-state index contributed by atoms with van der Waals surface area (Å²) >= 11 is 0. The maximum atomic E-state index is 8.87. The second-order valence-electron chi connectivity index (χ2n) is 6.15. The molecule has 17 heavy (non-hydrogen) atoms. The van der Waals surface area contributed by atoms with E-state index in [0.717, 1.165) is 30.6 Å². The van der Waals surface area contributed by atoms with Crippen LogP contribution in [0.1, 0.15) is 58.3 Å². The predicted molar refractivity (Wildman–Crippen MR) is 71.3 cm³/mol. The molecular weight excluding hydrogens is 206 g/mol. The van der Waals surface area contributed by atoms with E-state index in [9.17, 15) is 0 Å². The van der Waals surface area contributed by atoms with Gasteiger partial charge in [0.15, 0.2) is 0 Å². The van der Waals surface area contributed by atoms with Gasteiger partial charge in [-0.25, -0.2) is 0 Å². The van der Waals surface area contributed by atoms with Crippen LogP contribution in [0.15, 0.2) is 12.2 Å². The first-order valence-corrected chi connectivity index (χ1v) is 7.36. The van der Waals surface area contributed by atoms with Gasteiger partial charge in [0.2, 0.25) is 0 Å². The zero-order valence-electron chi connectivity index (χ0n) is 11.1. The molecule has 0 aromatic rings. The van der Waals surface area contributed by atoms with Gasteiger partial charge in [0.25, 0.3) is 0 Å². The SMILES string of the molecule is CC1CCC(/C=C/C2CCC(C#N)CC2)CC1. The summed E-state index contributed by atoms with van der Waals surface area (Å²) in [7, 11) is 0. The minimum absolute atomic E-state index is 0.343. The van der Waals surface area contributed by atoms with Gasteiger partial charge < -0.3 is 0 Å². The molecule has 0 aliphatic heterocycles. The second kappa shape index (κ2) is 6.24. The average molecular weight is 231 g/mol. The summed E-state index contributed by atoms with van der Waals surface area (Å²) in [5, 5.41) is 8.87. The third-order valence-corrected chi connectivity index (χ3v) is 4.67.